The maximum atomic E-state index is 11.2. The van der Waals surface area contributed by atoms with Gasteiger partial charge in [-0.05, 0) is 26.3 Å². The van der Waals surface area contributed by atoms with Crippen molar-refractivity contribution >= 4 is 16.1 Å². The minimum atomic E-state index is -4.65. The summed E-state index contributed by atoms with van der Waals surface area (Å²) in [4.78, 5) is 10.4. The van der Waals surface area contributed by atoms with Crippen molar-refractivity contribution in [3.05, 3.63) is 22.1 Å². The molecule has 7 heteroatoms. The predicted molar refractivity (Wildman–Crippen MR) is 59.8 cm³/mol. The van der Waals surface area contributed by atoms with E-state index in [0.717, 1.165) is 6.92 Å². The second-order valence-corrected chi connectivity index (χ2v) is 5.65. The summed E-state index contributed by atoms with van der Waals surface area (Å²) in [5, 5.41) is 19.1. The maximum absolute atomic E-state index is 11.2. The molecule has 0 aromatic carbocycles. The Labute approximate surface area is 99.0 Å². The van der Waals surface area contributed by atoms with Crippen molar-refractivity contribution < 1.29 is 28.0 Å². The number of carboxylic acids is 1. The minimum Gasteiger partial charge on any atom is -0.481 e. The van der Waals surface area contributed by atoms with E-state index < -0.39 is 32.5 Å². The van der Waals surface area contributed by atoms with Crippen molar-refractivity contribution in [2.24, 2.45) is 5.92 Å². The van der Waals surface area contributed by atoms with Crippen LogP contribution in [0.15, 0.2) is 22.1 Å². The smallest absolute Gasteiger partial charge is 0.313 e. The first-order valence-corrected chi connectivity index (χ1v) is 6.25. The quantitative estimate of drug-likeness (QED) is 0.627. The summed E-state index contributed by atoms with van der Waals surface area (Å²) < 4.78 is 31.5. The number of carbonyl (C=O) groups is 1. The Morgan fingerprint density at radius 3 is 2.24 bits per heavy atom. The van der Waals surface area contributed by atoms with E-state index in [4.69, 9.17) is 9.66 Å². The molecule has 0 aliphatic heterocycles. The van der Waals surface area contributed by atoms with Gasteiger partial charge in [0.05, 0.1) is 0 Å². The van der Waals surface area contributed by atoms with Gasteiger partial charge in [0.25, 0.3) is 10.1 Å². The molecule has 0 amide bonds. The third-order valence-electron chi connectivity index (χ3n) is 2.78. The first-order valence-electron chi connectivity index (χ1n) is 4.81. The van der Waals surface area contributed by atoms with Crippen LogP contribution in [0.2, 0.25) is 0 Å². The lowest BCUT2D eigenvalue weighted by atomic mass is 9.78. The lowest BCUT2D eigenvalue weighted by Gasteiger charge is -2.35. The molecular weight excluding hydrogens is 248 g/mol. The van der Waals surface area contributed by atoms with E-state index in [1.807, 2.05) is 0 Å². The Balaban J connectivity index is 3.58. The fraction of sp³-hybridized carbons (Fsp3) is 0.500. The molecule has 96 valence electrons. The molecule has 0 saturated heterocycles. The Kier molecular flexibility index (Phi) is 3.21. The van der Waals surface area contributed by atoms with Crippen molar-refractivity contribution in [3.63, 3.8) is 0 Å². The van der Waals surface area contributed by atoms with E-state index >= 15 is 0 Å². The molecule has 0 aromatic heterocycles. The molecule has 1 aliphatic rings. The van der Waals surface area contributed by atoms with E-state index in [-0.39, 0.29) is 5.57 Å². The van der Waals surface area contributed by atoms with Crippen molar-refractivity contribution in [2.45, 2.75) is 26.4 Å². The van der Waals surface area contributed by atoms with Gasteiger partial charge in [-0.25, -0.2) is 0 Å². The van der Waals surface area contributed by atoms with Gasteiger partial charge in [0.2, 0.25) is 0 Å². The average molecular weight is 262 g/mol. The van der Waals surface area contributed by atoms with Crippen molar-refractivity contribution in [3.8, 4) is 0 Å². The zero-order chi connectivity index (χ0) is 13.6. The first-order chi connectivity index (χ1) is 7.49. The highest BCUT2D eigenvalue weighted by molar-refractivity contribution is 7.90. The Bertz CT molecular complexity index is 523. The number of rotatable bonds is 2. The van der Waals surface area contributed by atoms with Gasteiger partial charge >= 0.3 is 5.97 Å². The van der Waals surface area contributed by atoms with Gasteiger partial charge in [-0.1, -0.05) is 11.6 Å². The summed E-state index contributed by atoms with van der Waals surface area (Å²) in [6.07, 6.45) is 1.33. The van der Waals surface area contributed by atoms with Gasteiger partial charge in [-0.3, -0.25) is 9.35 Å². The average Bonchev–Trinajstić information content (AvgIpc) is 1.94. The normalized spacial score (nSPS) is 30.2. The molecule has 0 heterocycles. The van der Waals surface area contributed by atoms with Crippen LogP contribution in [0, 0.1) is 5.92 Å². The third-order valence-corrected chi connectivity index (χ3v) is 4.04. The molecule has 0 saturated carbocycles. The summed E-state index contributed by atoms with van der Waals surface area (Å²) in [6, 6.07) is 0. The van der Waals surface area contributed by atoms with Crippen LogP contribution in [0.5, 0.6) is 0 Å². The third kappa shape index (κ3) is 2.26. The molecule has 0 fully saturated rings. The molecule has 1 rings (SSSR count). The molecule has 0 bridgehead atoms. The SMILES string of the molecule is CC1=CC(C)=C(S(=O)(=O)O)C(C)(O)C1C(=O)O. The van der Waals surface area contributed by atoms with Gasteiger partial charge in [0.1, 0.15) is 16.4 Å². The molecule has 6 nitrogen and oxygen atoms in total. The number of allylic oxidation sites excluding steroid dienone is 2. The minimum absolute atomic E-state index is 0.132. The van der Waals surface area contributed by atoms with Gasteiger partial charge in [-0.15, -0.1) is 0 Å². The van der Waals surface area contributed by atoms with Crippen LogP contribution in [0.3, 0.4) is 0 Å². The van der Waals surface area contributed by atoms with Crippen molar-refractivity contribution in [1.82, 2.24) is 0 Å². The Hall–Kier alpha value is -1.18. The number of carboxylic acid groups (broad SMARTS) is 1. The second kappa shape index (κ2) is 3.94. The van der Waals surface area contributed by atoms with Gasteiger partial charge < -0.3 is 10.2 Å². The zero-order valence-electron chi connectivity index (χ0n) is 9.63. The summed E-state index contributed by atoms with van der Waals surface area (Å²) in [5.74, 6) is -2.75. The number of aliphatic carboxylic acids is 1. The Morgan fingerprint density at radius 2 is 1.88 bits per heavy atom. The number of hydrogen-bond acceptors (Lipinski definition) is 4. The topological polar surface area (TPSA) is 112 Å². The zero-order valence-corrected chi connectivity index (χ0v) is 10.4. The van der Waals surface area contributed by atoms with Crippen LogP contribution in [0.25, 0.3) is 0 Å². The van der Waals surface area contributed by atoms with Gasteiger partial charge in [-0.2, -0.15) is 8.42 Å². The molecule has 1 aliphatic carbocycles. The van der Waals surface area contributed by atoms with Gasteiger partial charge in [0, 0.05) is 0 Å². The van der Waals surface area contributed by atoms with E-state index in [1.54, 1.807) is 0 Å². The molecule has 2 unspecified atom stereocenters. The van der Waals surface area contributed by atoms with Crippen LogP contribution >= 0.6 is 0 Å². The van der Waals surface area contributed by atoms with Crippen LogP contribution in [-0.4, -0.2) is 34.8 Å². The summed E-state index contributed by atoms with van der Waals surface area (Å²) in [6.45, 7) is 3.94. The number of hydrogen-bond donors (Lipinski definition) is 3. The van der Waals surface area contributed by atoms with E-state index in [1.165, 1.54) is 19.9 Å². The summed E-state index contributed by atoms with van der Waals surface area (Å²) in [5.41, 5.74) is -1.71. The molecule has 3 N–H and O–H groups in total. The van der Waals surface area contributed by atoms with Gasteiger partial charge in [0.15, 0.2) is 0 Å². The molecule has 0 spiro atoms. The fourth-order valence-electron chi connectivity index (χ4n) is 2.36. The van der Waals surface area contributed by atoms with E-state index in [2.05, 4.69) is 0 Å². The van der Waals surface area contributed by atoms with Crippen LogP contribution in [-0.2, 0) is 14.9 Å². The first kappa shape index (κ1) is 13.9. The standard InChI is InChI=1S/C10H14O6S/c1-5-4-6(2)8(17(14,15)16)10(3,13)7(5)9(11)12/h4,7,13H,1-3H3,(H,11,12)(H,14,15,16). The highest BCUT2D eigenvalue weighted by Crippen LogP contribution is 2.40. The lowest BCUT2D eigenvalue weighted by Crippen LogP contribution is -2.46. The van der Waals surface area contributed by atoms with Crippen LogP contribution < -0.4 is 0 Å². The Morgan fingerprint density at radius 1 is 1.41 bits per heavy atom. The van der Waals surface area contributed by atoms with Crippen molar-refractivity contribution in [2.75, 3.05) is 0 Å². The summed E-state index contributed by atoms with van der Waals surface area (Å²) >= 11 is 0. The molecular formula is C10H14O6S. The van der Waals surface area contributed by atoms with Crippen LogP contribution in [0.4, 0.5) is 0 Å². The largest absolute Gasteiger partial charge is 0.481 e. The molecule has 0 aromatic rings. The molecule has 17 heavy (non-hydrogen) atoms. The van der Waals surface area contributed by atoms with E-state index in [0.29, 0.717) is 5.57 Å². The summed E-state index contributed by atoms with van der Waals surface area (Å²) in [7, 11) is -4.65. The highest BCUT2D eigenvalue weighted by Gasteiger charge is 2.49. The van der Waals surface area contributed by atoms with E-state index in [9.17, 15) is 18.3 Å². The lowest BCUT2D eigenvalue weighted by molar-refractivity contribution is -0.146. The highest BCUT2D eigenvalue weighted by atomic mass is 32.2. The maximum Gasteiger partial charge on any atom is 0.313 e. The second-order valence-electron chi connectivity index (χ2n) is 4.29. The van der Waals surface area contributed by atoms with Crippen LogP contribution in [0.1, 0.15) is 20.8 Å². The predicted octanol–water partition coefficient (Wildman–Crippen LogP) is 0.560. The number of aliphatic hydroxyl groups is 1. The van der Waals surface area contributed by atoms with Crippen molar-refractivity contribution in [1.29, 1.82) is 0 Å². The molecule has 2 atom stereocenters. The monoisotopic (exact) mass is 262 g/mol. The molecule has 0 radical (unpaired) electrons. The fourth-order valence-corrected chi connectivity index (χ4v) is 3.47.